The number of halogens is 1. The Kier molecular flexibility index (Phi) is 5.15. The zero-order chi connectivity index (χ0) is 15.1. The van der Waals surface area contributed by atoms with Gasteiger partial charge in [-0.3, -0.25) is 0 Å². The van der Waals surface area contributed by atoms with Gasteiger partial charge >= 0.3 is 0 Å². The number of oxime groups is 1. The molecule has 0 aliphatic carbocycles. The molecule has 0 aliphatic heterocycles. The first kappa shape index (κ1) is 14.8. The van der Waals surface area contributed by atoms with E-state index in [0.29, 0.717) is 29.2 Å². The van der Waals surface area contributed by atoms with Gasteiger partial charge < -0.3 is 14.7 Å². The number of hydrogen-bond donors (Lipinski definition) is 1. The van der Waals surface area contributed by atoms with Crippen LogP contribution < -0.4 is 9.47 Å². The minimum Gasteiger partial charge on any atom is -0.490 e. The lowest BCUT2D eigenvalue weighted by Crippen LogP contribution is -2.01. The fourth-order valence-corrected chi connectivity index (χ4v) is 1.83. The van der Waals surface area contributed by atoms with E-state index in [1.54, 1.807) is 36.4 Å². The van der Waals surface area contributed by atoms with Gasteiger partial charge in [0.15, 0.2) is 11.5 Å². The third kappa shape index (κ3) is 3.95. The second kappa shape index (κ2) is 7.28. The molecule has 0 aliphatic rings. The maximum atomic E-state index is 13.5. The third-order valence-electron chi connectivity index (χ3n) is 2.82. The van der Waals surface area contributed by atoms with Gasteiger partial charge in [-0.05, 0) is 31.2 Å². The monoisotopic (exact) mass is 289 g/mol. The molecule has 0 spiro atoms. The van der Waals surface area contributed by atoms with Crippen molar-refractivity contribution in [1.29, 1.82) is 0 Å². The van der Waals surface area contributed by atoms with Crippen molar-refractivity contribution in [3.05, 3.63) is 59.4 Å². The minimum atomic E-state index is -0.306. The molecule has 5 heteroatoms. The van der Waals surface area contributed by atoms with Crippen LogP contribution in [0.3, 0.4) is 0 Å². The fraction of sp³-hybridized carbons (Fsp3) is 0.188. The standard InChI is InChI=1S/C16H16FNO3/c1-2-20-16-9-12(10-18-19)7-8-15(16)21-11-13-5-3-4-6-14(13)17/h3-10,19H,2,11H2,1H3/b18-10+. The van der Waals surface area contributed by atoms with Gasteiger partial charge in [0.25, 0.3) is 0 Å². The molecule has 0 atom stereocenters. The Bertz CT molecular complexity index is 629. The Morgan fingerprint density at radius 3 is 2.67 bits per heavy atom. The van der Waals surface area contributed by atoms with Crippen LogP contribution >= 0.6 is 0 Å². The molecule has 0 bridgehead atoms. The molecule has 0 saturated heterocycles. The average Bonchev–Trinajstić information content (AvgIpc) is 2.49. The molecule has 2 rings (SSSR count). The predicted molar refractivity (Wildman–Crippen MR) is 77.7 cm³/mol. The van der Waals surface area contributed by atoms with Crippen molar-refractivity contribution in [3.8, 4) is 11.5 Å². The molecular weight excluding hydrogens is 273 g/mol. The van der Waals surface area contributed by atoms with E-state index in [0.717, 1.165) is 0 Å². The van der Waals surface area contributed by atoms with Crippen molar-refractivity contribution in [1.82, 2.24) is 0 Å². The van der Waals surface area contributed by atoms with Crippen LogP contribution in [0.25, 0.3) is 0 Å². The molecule has 2 aromatic rings. The molecule has 110 valence electrons. The van der Waals surface area contributed by atoms with Gasteiger partial charge in [-0.2, -0.15) is 0 Å². The van der Waals surface area contributed by atoms with Crippen molar-refractivity contribution >= 4 is 6.21 Å². The summed E-state index contributed by atoms with van der Waals surface area (Å²) < 4.78 is 24.6. The highest BCUT2D eigenvalue weighted by Gasteiger charge is 2.08. The largest absolute Gasteiger partial charge is 0.490 e. The fourth-order valence-electron chi connectivity index (χ4n) is 1.83. The Morgan fingerprint density at radius 1 is 1.14 bits per heavy atom. The first-order valence-electron chi connectivity index (χ1n) is 6.55. The smallest absolute Gasteiger partial charge is 0.161 e. The first-order chi connectivity index (χ1) is 10.2. The summed E-state index contributed by atoms with van der Waals surface area (Å²) in [7, 11) is 0. The summed E-state index contributed by atoms with van der Waals surface area (Å²) in [5, 5.41) is 11.5. The van der Waals surface area contributed by atoms with Crippen LogP contribution in [0.4, 0.5) is 4.39 Å². The zero-order valence-corrected chi connectivity index (χ0v) is 11.6. The SMILES string of the molecule is CCOc1cc(/C=N/O)ccc1OCc1ccccc1F. The summed E-state index contributed by atoms with van der Waals surface area (Å²) in [6, 6.07) is 11.6. The highest BCUT2D eigenvalue weighted by molar-refractivity contribution is 5.80. The summed E-state index contributed by atoms with van der Waals surface area (Å²) in [5.41, 5.74) is 1.15. The highest BCUT2D eigenvalue weighted by Crippen LogP contribution is 2.29. The van der Waals surface area contributed by atoms with Crippen LogP contribution in [0.2, 0.25) is 0 Å². The van der Waals surface area contributed by atoms with E-state index in [1.807, 2.05) is 6.92 Å². The quantitative estimate of drug-likeness (QED) is 0.502. The van der Waals surface area contributed by atoms with Crippen LogP contribution in [0, 0.1) is 5.82 Å². The number of hydrogen-bond acceptors (Lipinski definition) is 4. The molecule has 0 unspecified atom stereocenters. The molecule has 0 radical (unpaired) electrons. The number of nitrogens with zero attached hydrogens (tertiary/aromatic N) is 1. The Morgan fingerprint density at radius 2 is 1.95 bits per heavy atom. The van der Waals surface area contributed by atoms with Crippen molar-refractivity contribution in [2.75, 3.05) is 6.61 Å². The highest BCUT2D eigenvalue weighted by atomic mass is 19.1. The van der Waals surface area contributed by atoms with Crippen molar-refractivity contribution in [2.24, 2.45) is 5.16 Å². The van der Waals surface area contributed by atoms with Crippen molar-refractivity contribution in [2.45, 2.75) is 13.5 Å². The maximum Gasteiger partial charge on any atom is 0.161 e. The molecular formula is C16H16FNO3. The maximum absolute atomic E-state index is 13.5. The van der Waals surface area contributed by atoms with Gasteiger partial charge in [-0.15, -0.1) is 0 Å². The molecule has 0 heterocycles. The lowest BCUT2D eigenvalue weighted by molar-refractivity contribution is 0.266. The van der Waals surface area contributed by atoms with Crippen LogP contribution in [-0.4, -0.2) is 18.0 Å². The van der Waals surface area contributed by atoms with Crippen molar-refractivity contribution in [3.63, 3.8) is 0 Å². The topological polar surface area (TPSA) is 51.0 Å². The van der Waals surface area contributed by atoms with Gasteiger partial charge in [-0.25, -0.2) is 4.39 Å². The summed E-state index contributed by atoms with van der Waals surface area (Å²) in [4.78, 5) is 0. The van der Waals surface area contributed by atoms with E-state index < -0.39 is 0 Å². The zero-order valence-electron chi connectivity index (χ0n) is 11.6. The number of rotatable bonds is 6. The van der Waals surface area contributed by atoms with Crippen LogP contribution in [0.5, 0.6) is 11.5 Å². The van der Waals surface area contributed by atoms with Crippen molar-refractivity contribution < 1.29 is 19.1 Å². The van der Waals surface area contributed by atoms with E-state index >= 15 is 0 Å². The summed E-state index contributed by atoms with van der Waals surface area (Å²) in [5.74, 6) is 0.723. The molecule has 0 amide bonds. The lowest BCUT2D eigenvalue weighted by Gasteiger charge is -2.12. The molecule has 0 aromatic heterocycles. The summed E-state index contributed by atoms with van der Waals surface area (Å²) in [6.07, 6.45) is 1.29. The van der Waals surface area contributed by atoms with E-state index in [4.69, 9.17) is 14.7 Å². The first-order valence-corrected chi connectivity index (χ1v) is 6.55. The van der Waals surface area contributed by atoms with Crippen LogP contribution in [-0.2, 0) is 6.61 Å². The summed E-state index contributed by atoms with van der Waals surface area (Å²) >= 11 is 0. The molecule has 21 heavy (non-hydrogen) atoms. The van der Waals surface area contributed by atoms with Crippen LogP contribution in [0.1, 0.15) is 18.1 Å². The Balaban J connectivity index is 2.17. The van der Waals surface area contributed by atoms with Gasteiger partial charge in [0, 0.05) is 11.1 Å². The van der Waals surface area contributed by atoms with Gasteiger partial charge in [0.05, 0.1) is 12.8 Å². The van der Waals surface area contributed by atoms with Crippen LogP contribution in [0.15, 0.2) is 47.6 Å². The van der Waals surface area contributed by atoms with E-state index in [9.17, 15) is 4.39 Å². The second-order valence-electron chi connectivity index (χ2n) is 4.26. The molecule has 0 fully saturated rings. The third-order valence-corrected chi connectivity index (χ3v) is 2.82. The van der Waals surface area contributed by atoms with Gasteiger partial charge in [-0.1, -0.05) is 23.4 Å². The Hall–Kier alpha value is -2.56. The average molecular weight is 289 g/mol. The lowest BCUT2D eigenvalue weighted by atomic mass is 10.2. The normalized spacial score (nSPS) is 10.8. The molecule has 1 N–H and O–H groups in total. The molecule has 4 nitrogen and oxygen atoms in total. The van der Waals surface area contributed by atoms with Gasteiger partial charge in [0.2, 0.25) is 0 Å². The molecule has 0 saturated carbocycles. The van der Waals surface area contributed by atoms with E-state index in [2.05, 4.69) is 5.16 Å². The van der Waals surface area contributed by atoms with E-state index in [1.165, 1.54) is 12.3 Å². The summed E-state index contributed by atoms with van der Waals surface area (Å²) in [6.45, 7) is 2.43. The number of ether oxygens (including phenoxy) is 2. The number of benzene rings is 2. The second-order valence-corrected chi connectivity index (χ2v) is 4.26. The Labute approximate surface area is 122 Å². The van der Waals surface area contributed by atoms with E-state index in [-0.39, 0.29) is 12.4 Å². The van der Waals surface area contributed by atoms with Gasteiger partial charge in [0.1, 0.15) is 12.4 Å². The molecule has 2 aromatic carbocycles. The minimum absolute atomic E-state index is 0.111. The predicted octanol–water partition coefficient (Wildman–Crippen LogP) is 3.61.